The summed E-state index contributed by atoms with van der Waals surface area (Å²) in [6, 6.07) is 21.2. The third-order valence-corrected chi connectivity index (χ3v) is 6.66. The first-order valence-corrected chi connectivity index (χ1v) is 10.6. The molecule has 0 fully saturated rings. The van der Waals surface area contributed by atoms with Gasteiger partial charge < -0.3 is 4.98 Å². The van der Waals surface area contributed by atoms with Crippen molar-refractivity contribution in [2.45, 2.75) is 0 Å². The minimum atomic E-state index is -0.446. The number of aromatic nitrogens is 4. The van der Waals surface area contributed by atoms with E-state index in [-0.39, 0.29) is 5.56 Å². The van der Waals surface area contributed by atoms with Gasteiger partial charge >= 0.3 is 5.69 Å². The van der Waals surface area contributed by atoms with Crippen LogP contribution in [0, 0.1) is 0 Å². The normalized spacial score (nSPS) is 11.6. The monoisotopic (exact) mass is 424 g/mol. The van der Waals surface area contributed by atoms with Crippen molar-refractivity contribution >= 4 is 43.2 Å². The summed E-state index contributed by atoms with van der Waals surface area (Å²) in [6.45, 7) is 0. The third kappa shape index (κ3) is 2.74. The highest BCUT2D eigenvalue weighted by Gasteiger charge is 2.15. The van der Waals surface area contributed by atoms with Crippen LogP contribution in [0.3, 0.4) is 0 Å². The van der Waals surface area contributed by atoms with Gasteiger partial charge in [0.25, 0.3) is 5.56 Å². The van der Waals surface area contributed by atoms with Crippen molar-refractivity contribution < 1.29 is 0 Å². The van der Waals surface area contributed by atoms with Crippen LogP contribution in [-0.4, -0.2) is 19.3 Å². The molecule has 0 radical (unpaired) electrons. The molecule has 3 heterocycles. The van der Waals surface area contributed by atoms with E-state index in [4.69, 9.17) is 0 Å². The highest BCUT2D eigenvalue weighted by molar-refractivity contribution is 7.22. The second-order valence-electron chi connectivity index (χ2n) is 7.50. The molecule has 0 aliphatic carbocycles. The van der Waals surface area contributed by atoms with E-state index in [0.29, 0.717) is 15.9 Å². The molecule has 6 rings (SSSR count). The van der Waals surface area contributed by atoms with Gasteiger partial charge in [-0.2, -0.15) is 5.10 Å². The number of rotatable bonds is 2. The minimum absolute atomic E-state index is 0.315. The molecule has 0 aliphatic heterocycles. The van der Waals surface area contributed by atoms with Gasteiger partial charge in [-0.1, -0.05) is 48.5 Å². The third-order valence-electron chi connectivity index (χ3n) is 5.49. The Bertz CT molecular complexity index is 1750. The largest absolute Gasteiger partial charge is 0.333 e. The molecule has 6 aromatic rings. The second kappa shape index (κ2) is 6.52. The fourth-order valence-electron chi connectivity index (χ4n) is 4.06. The number of benzene rings is 3. The molecule has 31 heavy (non-hydrogen) atoms. The minimum Gasteiger partial charge on any atom is -0.306 e. The Balaban J connectivity index is 1.58. The van der Waals surface area contributed by atoms with Gasteiger partial charge in [0.05, 0.1) is 16.7 Å². The van der Waals surface area contributed by atoms with Crippen LogP contribution >= 0.6 is 11.3 Å². The Morgan fingerprint density at radius 3 is 2.68 bits per heavy atom. The molecule has 3 aromatic carbocycles. The first kappa shape index (κ1) is 17.9. The number of nitrogens with one attached hydrogen (secondary N) is 1. The fraction of sp³-hybridized carbons (Fsp3) is 0.0417. The number of H-pyrrole nitrogens is 1. The lowest BCUT2D eigenvalue weighted by atomic mass is 10.1. The molecule has 6 nitrogen and oxygen atoms in total. The van der Waals surface area contributed by atoms with Crippen LogP contribution in [0.1, 0.15) is 0 Å². The van der Waals surface area contributed by atoms with Crippen molar-refractivity contribution in [1.82, 2.24) is 19.3 Å². The summed E-state index contributed by atoms with van der Waals surface area (Å²) in [7, 11) is 1.89. The van der Waals surface area contributed by atoms with Crippen molar-refractivity contribution in [2.75, 3.05) is 0 Å². The van der Waals surface area contributed by atoms with Gasteiger partial charge in [0.15, 0.2) is 0 Å². The second-order valence-corrected chi connectivity index (χ2v) is 8.55. The molecule has 0 bridgehead atoms. The Hall–Kier alpha value is -3.97. The van der Waals surface area contributed by atoms with E-state index in [2.05, 4.69) is 10.1 Å². The molecule has 0 atom stereocenters. The lowest BCUT2D eigenvalue weighted by molar-refractivity contribution is 0.780. The average Bonchev–Trinajstić information content (AvgIpc) is 3.36. The summed E-state index contributed by atoms with van der Waals surface area (Å²) in [5.74, 6) is 0. The van der Waals surface area contributed by atoms with Crippen molar-refractivity contribution in [1.29, 1.82) is 0 Å². The topological polar surface area (TPSA) is 72.7 Å². The number of fused-ring (bicyclic) bond motifs is 3. The molecule has 0 spiro atoms. The Morgan fingerprint density at radius 2 is 1.77 bits per heavy atom. The Kier molecular flexibility index (Phi) is 3.75. The van der Waals surface area contributed by atoms with Gasteiger partial charge in [0.1, 0.15) is 4.70 Å². The zero-order valence-corrected chi connectivity index (χ0v) is 17.3. The maximum Gasteiger partial charge on any atom is 0.333 e. The van der Waals surface area contributed by atoms with Crippen LogP contribution in [0.5, 0.6) is 0 Å². The number of aryl methyl sites for hydroxylation is 1. The number of hydrogen-bond donors (Lipinski definition) is 1. The lowest BCUT2D eigenvalue weighted by Gasteiger charge is -2.08. The molecule has 0 amide bonds. The van der Waals surface area contributed by atoms with Crippen molar-refractivity contribution in [3.63, 3.8) is 0 Å². The zero-order valence-electron chi connectivity index (χ0n) is 16.5. The molecule has 0 unspecified atom stereocenters. The fourth-order valence-corrected chi connectivity index (χ4v) is 5.10. The predicted octanol–water partition coefficient (Wildman–Crippen LogP) is 4.45. The summed E-state index contributed by atoms with van der Waals surface area (Å²) in [4.78, 5) is 30.1. The van der Waals surface area contributed by atoms with E-state index < -0.39 is 5.69 Å². The lowest BCUT2D eigenvalue weighted by Crippen LogP contribution is -2.33. The van der Waals surface area contributed by atoms with Gasteiger partial charge in [0.2, 0.25) is 0 Å². The van der Waals surface area contributed by atoms with E-state index in [0.717, 1.165) is 32.1 Å². The van der Waals surface area contributed by atoms with Gasteiger partial charge in [0, 0.05) is 28.9 Å². The molecular weight excluding hydrogens is 408 g/mol. The van der Waals surface area contributed by atoms with E-state index in [9.17, 15) is 9.59 Å². The molecule has 0 saturated heterocycles. The van der Waals surface area contributed by atoms with E-state index in [1.165, 1.54) is 15.9 Å². The van der Waals surface area contributed by atoms with Gasteiger partial charge in [-0.3, -0.25) is 9.48 Å². The maximum absolute atomic E-state index is 13.4. The number of aromatic amines is 1. The van der Waals surface area contributed by atoms with Crippen molar-refractivity contribution in [2.24, 2.45) is 7.05 Å². The Labute approximate surface area is 179 Å². The Morgan fingerprint density at radius 1 is 0.935 bits per heavy atom. The number of hydrogen-bond acceptors (Lipinski definition) is 4. The molecule has 3 aromatic heterocycles. The SMILES string of the molecule is Cn1cc2ccc(-c3cc4[nH]c(=O)n(-c5cccc6ccccc56)c(=O)c4s3)cc2n1. The van der Waals surface area contributed by atoms with Crippen LogP contribution in [-0.2, 0) is 7.05 Å². The molecule has 1 N–H and O–H groups in total. The molecule has 0 saturated carbocycles. The predicted molar refractivity (Wildman–Crippen MR) is 125 cm³/mol. The van der Waals surface area contributed by atoms with Gasteiger partial charge in [-0.05, 0) is 29.1 Å². The van der Waals surface area contributed by atoms with E-state index in [1.807, 2.05) is 73.9 Å². The quantitative estimate of drug-likeness (QED) is 0.446. The molecule has 0 aliphatic rings. The van der Waals surface area contributed by atoms with Crippen molar-refractivity contribution in [3.8, 4) is 16.1 Å². The summed E-state index contributed by atoms with van der Waals surface area (Å²) < 4.78 is 3.52. The molecule has 150 valence electrons. The standard InChI is InChI=1S/C24H16N4O2S/c1-27-13-16-10-9-15(11-18(16)26-27)21-12-19-22(31-21)23(29)28(24(30)25-19)20-8-4-6-14-5-2-3-7-17(14)20/h2-13H,1H3,(H,25,30). The summed E-state index contributed by atoms with van der Waals surface area (Å²) >= 11 is 1.38. The first-order valence-electron chi connectivity index (χ1n) is 9.79. The number of thiophene rings is 1. The van der Waals surface area contributed by atoms with Crippen LogP contribution in [0.15, 0.2) is 82.5 Å². The number of nitrogens with zero attached hydrogens (tertiary/aromatic N) is 3. The highest BCUT2D eigenvalue weighted by atomic mass is 32.1. The molecular formula is C24H16N4O2S. The van der Waals surface area contributed by atoms with Gasteiger partial charge in [-0.25, -0.2) is 9.36 Å². The van der Waals surface area contributed by atoms with Gasteiger partial charge in [-0.15, -0.1) is 11.3 Å². The smallest absolute Gasteiger partial charge is 0.306 e. The average molecular weight is 424 g/mol. The highest BCUT2D eigenvalue weighted by Crippen LogP contribution is 2.32. The zero-order chi connectivity index (χ0) is 21.1. The van der Waals surface area contributed by atoms with E-state index in [1.54, 1.807) is 10.7 Å². The first-order chi connectivity index (χ1) is 15.1. The van der Waals surface area contributed by atoms with Crippen LogP contribution < -0.4 is 11.2 Å². The maximum atomic E-state index is 13.4. The van der Waals surface area contributed by atoms with Crippen LogP contribution in [0.4, 0.5) is 0 Å². The van der Waals surface area contributed by atoms with E-state index >= 15 is 0 Å². The van der Waals surface area contributed by atoms with Crippen LogP contribution in [0.25, 0.3) is 48.0 Å². The summed E-state index contributed by atoms with van der Waals surface area (Å²) in [6.07, 6.45) is 1.96. The summed E-state index contributed by atoms with van der Waals surface area (Å²) in [5, 5.41) is 7.35. The van der Waals surface area contributed by atoms with Crippen LogP contribution in [0.2, 0.25) is 0 Å². The summed E-state index contributed by atoms with van der Waals surface area (Å²) in [5.41, 5.74) is 2.22. The van der Waals surface area contributed by atoms with Crippen molar-refractivity contribution in [3.05, 3.63) is 93.8 Å². The molecule has 7 heteroatoms.